The van der Waals surface area contributed by atoms with Crippen molar-refractivity contribution >= 4 is 26.0 Å². The molecule has 0 aliphatic heterocycles. The fraction of sp³-hybridized carbons (Fsp3) is 0.333. The highest BCUT2D eigenvalue weighted by Gasteiger charge is 2.23. The Morgan fingerprint density at radius 1 is 1.47 bits per heavy atom. The van der Waals surface area contributed by atoms with E-state index < -0.39 is 21.1 Å². The summed E-state index contributed by atoms with van der Waals surface area (Å²) in [7, 11) is -2.19. The first-order valence-electron chi connectivity index (χ1n) is 4.26. The van der Waals surface area contributed by atoms with Crippen LogP contribution in [0.1, 0.15) is 17.7 Å². The van der Waals surface area contributed by atoms with Gasteiger partial charge in [0.15, 0.2) is 0 Å². The molecule has 0 fully saturated rings. The fourth-order valence-corrected chi connectivity index (χ4v) is 2.42. The van der Waals surface area contributed by atoms with Crippen LogP contribution in [-0.4, -0.2) is 15.5 Å². The van der Waals surface area contributed by atoms with Gasteiger partial charge in [0.1, 0.15) is 11.1 Å². The number of rotatable bonds is 3. The van der Waals surface area contributed by atoms with E-state index >= 15 is 0 Å². The van der Waals surface area contributed by atoms with Gasteiger partial charge < -0.3 is 0 Å². The zero-order chi connectivity index (χ0) is 11.6. The van der Waals surface area contributed by atoms with E-state index in [9.17, 15) is 12.8 Å². The van der Waals surface area contributed by atoms with Gasteiger partial charge in [-0.2, -0.15) is 0 Å². The monoisotopic (exact) mass is 295 g/mol. The van der Waals surface area contributed by atoms with Crippen molar-refractivity contribution in [2.24, 2.45) is 0 Å². The van der Waals surface area contributed by atoms with Gasteiger partial charge in [0.25, 0.3) is 0 Å². The molecule has 0 aromatic heterocycles. The minimum absolute atomic E-state index is 0.152. The van der Waals surface area contributed by atoms with Crippen LogP contribution in [0.15, 0.2) is 22.7 Å². The van der Waals surface area contributed by atoms with E-state index in [-0.39, 0.29) is 5.56 Å². The lowest BCUT2D eigenvalue weighted by Crippen LogP contribution is -2.24. The largest absolute Gasteiger partial charge is 0.218 e. The molecular formula is C9H11BrFNO2S. The highest BCUT2D eigenvalue weighted by Crippen LogP contribution is 2.26. The zero-order valence-corrected chi connectivity index (χ0v) is 10.7. The van der Waals surface area contributed by atoms with Gasteiger partial charge in [-0.1, -0.05) is 15.9 Å². The van der Waals surface area contributed by atoms with Crippen molar-refractivity contribution in [1.29, 1.82) is 0 Å². The van der Waals surface area contributed by atoms with E-state index in [1.165, 1.54) is 32.2 Å². The molecule has 15 heavy (non-hydrogen) atoms. The van der Waals surface area contributed by atoms with E-state index in [4.69, 9.17) is 0 Å². The molecule has 0 aliphatic rings. The van der Waals surface area contributed by atoms with E-state index in [1.54, 1.807) is 0 Å². The van der Waals surface area contributed by atoms with Crippen molar-refractivity contribution in [3.8, 4) is 0 Å². The fourth-order valence-electron chi connectivity index (χ4n) is 1.17. The first-order valence-corrected chi connectivity index (χ1v) is 6.59. The predicted octanol–water partition coefficient (Wildman–Crippen LogP) is 2.20. The summed E-state index contributed by atoms with van der Waals surface area (Å²) in [5.41, 5.74) is 0.152. The molecule has 84 valence electrons. The number of nitrogens with one attached hydrogen (secondary N) is 1. The lowest BCUT2D eigenvalue weighted by molar-refractivity contribution is 0.567. The predicted molar refractivity (Wildman–Crippen MR) is 60.5 cm³/mol. The Morgan fingerprint density at radius 2 is 2.07 bits per heavy atom. The Hall–Kier alpha value is -0.460. The number of halogens is 2. The van der Waals surface area contributed by atoms with E-state index in [0.717, 1.165) is 0 Å². The third-order valence-electron chi connectivity index (χ3n) is 2.15. The van der Waals surface area contributed by atoms with Crippen molar-refractivity contribution < 1.29 is 12.8 Å². The maximum atomic E-state index is 13.4. The molecule has 0 saturated heterocycles. The summed E-state index contributed by atoms with van der Waals surface area (Å²) in [6.45, 7) is 1.44. The number of sulfonamides is 1. The van der Waals surface area contributed by atoms with Gasteiger partial charge in [0.05, 0.1) is 0 Å². The van der Waals surface area contributed by atoms with Crippen LogP contribution in [0.5, 0.6) is 0 Å². The van der Waals surface area contributed by atoms with Crippen LogP contribution < -0.4 is 4.72 Å². The van der Waals surface area contributed by atoms with Crippen LogP contribution in [0.4, 0.5) is 4.39 Å². The smallest absolute Gasteiger partial charge is 0.218 e. The first kappa shape index (κ1) is 12.6. The van der Waals surface area contributed by atoms with Crippen LogP contribution in [-0.2, 0) is 10.0 Å². The molecule has 1 aromatic carbocycles. The summed E-state index contributed by atoms with van der Waals surface area (Å²) >= 11 is 3.17. The molecule has 0 spiro atoms. The van der Waals surface area contributed by atoms with Gasteiger partial charge in [-0.15, -0.1) is 0 Å². The van der Waals surface area contributed by atoms with Crippen LogP contribution in [0.2, 0.25) is 0 Å². The van der Waals surface area contributed by atoms with Gasteiger partial charge in [0.2, 0.25) is 10.0 Å². The molecule has 0 bridgehead atoms. The average Bonchev–Trinajstić information content (AvgIpc) is 2.20. The lowest BCUT2D eigenvalue weighted by atomic mass is 10.1. The summed E-state index contributed by atoms with van der Waals surface area (Å²) < 4.78 is 39.1. The maximum Gasteiger partial charge on any atom is 0.218 e. The Balaban J connectivity index is 3.22. The third kappa shape index (κ3) is 2.76. The number of hydrogen-bond acceptors (Lipinski definition) is 2. The van der Waals surface area contributed by atoms with Gasteiger partial charge >= 0.3 is 0 Å². The second kappa shape index (κ2) is 4.59. The summed E-state index contributed by atoms with van der Waals surface area (Å²) in [4.78, 5) is 0. The summed E-state index contributed by atoms with van der Waals surface area (Å²) in [6.07, 6.45) is 0. The van der Waals surface area contributed by atoms with Crippen molar-refractivity contribution in [3.63, 3.8) is 0 Å². The van der Waals surface area contributed by atoms with E-state index in [1.807, 2.05) is 0 Å². The Bertz CT molecular complexity index is 461. The zero-order valence-electron chi connectivity index (χ0n) is 8.29. The molecule has 0 aliphatic carbocycles. The van der Waals surface area contributed by atoms with Crippen molar-refractivity contribution in [3.05, 3.63) is 34.1 Å². The van der Waals surface area contributed by atoms with Gasteiger partial charge in [-0.05, 0) is 32.2 Å². The number of hydrogen-bond donors (Lipinski definition) is 1. The second-order valence-corrected chi connectivity index (χ2v) is 6.18. The van der Waals surface area contributed by atoms with Gasteiger partial charge in [-0.25, -0.2) is 17.5 Å². The standard InChI is InChI=1S/C9H11BrFNO2S/c1-6(15(13,14)12-2)8-5-7(10)3-4-9(8)11/h3-6,12H,1-2H3. The minimum atomic E-state index is -3.50. The quantitative estimate of drug-likeness (QED) is 0.929. The SMILES string of the molecule is CNS(=O)(=O)C(C)c1cc(Br)ccc1F. The van der Waals surface area contributed by atoms with E-state index in [2.05, 4.69) is 20.7 Å². The Morgan fingerprint density at radius 3 is 2.60 bits per heavy atom. The van der Waals surface area contributed by atoms with Crippen molar-refractivity contribution in [2.75, 3.05) is 7.05 Å². The lowest BCUT2D eigenvalue weighted by Gasteiger charge is -2.13. The number of benzene rings is 1. The molecule has 6 heteroatoms. The molecule has 1 unspecified atom stereocenters. The average molecular weight is 296 g/mol. The molecule has 1 N–H and O–H groups in total. The van der Waals surface area contributed by atoms with Crippen LogP contribution >= 0.6 is 15.9 Å². The minimum Gasteiger partial charge on any atom is -0.218 e. The summed E-state index contributed by atoms with van der Waals surface area (Å²) in [5.74, 6) is -0.524. The van der Waals surface area contributed by atoms with E-state index in [0.29, 0.717) is 4.47 Å². The van der Waals surface area contributed by atoms with Crippen molar-refractivity contribution in [1.82, 2.24) is 4.72 Å². The highest BCUT2D eigenvalue weighted by atomic mass is 79.9. The second-order valence-electron chi connectivity index (χ2n) is 3.06. The molecule has 0 amide bonds. The third-order valence-corrected chi connectivity index (χ3v) is 4.39. The van der Waals surface area contributed by atoms with Crippen LogP contribution in [0.3, 0.4) is 0 Å². The Labute approximate surface area is 96.9 Å². The molecule has 0 radical (unpaired) electrons. The Kier molecular flexibility index (Phi) is 3.86. The molecular weight excluding hydrogens is 285 g/mol. The summed E-state index contributed by atoms with van der Waals surface area (Å²) in [6, 6.07) is 4.23. The van der Waals surface area contributed by atoms with Crippen molar-refractivity contribution in [2.45, 2.75) is 12.2 Å². The van der Waals surface area contributed by atoms with Crippen LogP contribution in [0, 0.1) is 5.82 Å². The normalized spacial score (nSPS) is 13.9. The molecule has 0 saturated carbocycles. The maximum absolute atomic E-state index is 13.4. The molecule has 3 nitrogen and oxygen atoms in total. The molecule has 1 aromatic rings. The highest BCUT2D eigenvalue weighted by molar-refractivity contribution is 9.10. The summed E-state index contributed by atoms with van der Waals surface area (Å²) in [5, 5.41) is -0.917. The van der Waals surface area contributed by atoms with Gasteiger partial charge in [0, 0.05) is 10.0 Å². The van der Waals surface area contributed by atoms with Crippen LogP contribution in [0.25, 0.3) is 0 Å². The topological polar surface area (TPSA) is 46.2 Å². The first-order chi connectivity index (χ1) is 6.88. The molecule has 0 heterocycles. The molecule has 1 atom stereocenters. The van der Waals surface area contributed by atoms with Gasteiger partial charge in [-0.3, -0.25) is 0 Å². The molecule has 1 rings (SSSR count).